The number of aromatic nitrogens is 3. The number of aliphatic hydroxyl groups is 1. The molecule has 0 saturated heterocycles. The molecule has 3 rings (SSSR count). The molecule has 0 amide bonds. The monoisotopic (exact) mass is 371 g/mol. The van der Waals surface area contributed by atoms with Crippen molar-refractivity contribution in [2.24, 2.45) is 0 Å². The molecule has 27 heavy (non-hydrogen) atoms. The quantitative estimate of drug-likeness (QED) is 0.690. The fourth-order valence-corrected chi connectivity index (χ4v) is 2.73. The summed E-state index contributed by atoms with van der Waals surface area (Å²) >= 11 is 0. The van der Waals surface area contributed by atoms with Gasteiger partial charge in [-0.25, -0.2) is 18.4 Å². The number of nitrogens with zero attached hydrogens (tertiary/aromatic N) is 3. The SMILES string of the molecule is CC=Cc1ccc(OCC(O)(Cn2cncn2)c2ccc(F)cc2F)cc1. The lowest BCUT2D eigenvalue weighted by atomic mass is 9.94. The molecule has 140 valence electrons. The number of hydrogen-bond acceptors (Lipinski definition) is 4. The largest absolute Gasteiger partial charge is 0.490 e. The number of ether oxygens (including phenoxy) is 1. The maximum absolute atomic E-state index is 14.3. The molecule has 1 N–H and O–H groups in total. The summed E-state index contributed by atoms with van der Waals surface area (Å²) in [6.45, 7) is 1.57. The van der Waals surface area contributed by atoms with Gasteiger partial charge in [0.15, 0.2) is 0 Å². The zero-order chi connectivity index (χ0) is 19.3. The van der Waals surface area contributed by atoms with Gasteiger partial charge in [-0.05, 0) is 30.7 Å². The Hall–Kier alpha value is -3.06. The molecular formula is C20H19F2N3O2. The highest BCUT2D eigenvalue weighted by Crippen LogP contribution is 2.28. The van der Waals surface area contributed by atoms with Crippen molar-refractivity contribution in [3.8, 4) is 5.75 Å². The minimum Gasteiger partial charge on any atom is -0.490 e. The number of halogens is 2. The Morgan fingerprint density at radius 3 is 2.59 bits per heavy atom. The summed E-state index contributed by atoms with van der Waals surface area (Å²) in [5.74, 6) is -1.06. The summed E-state index contributed by atoms with van der Waals surface area (Å²) in [4.78, 5) is 3.82. The van der Waals surface area contributed by atoms with E-state index < -0.39 is 17.2 Å². The third-order valence-electron chi connectivity index (χ3n) is 4.04. The number of benzene rings is 2. The average molecular weight is 371 g/mol. The summed E-state index contributed by atoms with van der Waals surface area (Å²) in [6, 6.07) is 10.3. The summed E-state index contributed by atoms with van der Waals surface area (Å²) in [7, 11) is 0. The minimum atomic E-state index is -1.77. The predicted molar refractivity (Wildman–Crippen MR) is 96.9 cm³/mol. The number of allylic oxidation sites excluding steroid dienone is 1. The first kappa shape index (κ1) is 18.7. The Kier molecular flexibility index (Phi) is 5.61. The van der Waals surface area contributed by atoms with Gasteiger partial charge >= 0.3 is 0 Å². The van der Waals surface area contributed by atoms with Gasteiger partial charge in [-0.3, -0.25) is 0 Å². The Balaban J connectivity index is 1.85. The van der Waals surface area contributed by atoms with Crippen LogP contribution in [-0.2, 0) is 12.1 Å². The number of hydrogen-bond donors (Lipinski definition) is 1. The van der Waals surface area contributed by atoms with Crippen LogP contribution in [-0.4, -0.2) is 26.5 Å². The van der Waals surface area contributed by atoms with E-state index in [1.165, 1.54) is 23.4 Å². The van der Waals surface area contributed by atoms with Crippen molar-refractivity contribution in [3.63, 3.8) is 0 Å². The zero-order valence-electron chi connectivity index (χ0n) is 14.7. The summed E-state index contributed by atoms with van der Waals surface area (Å²) in [5, 5.41) is 15.1. The van der Waals surface area contributed by atoms with Crippen LogP contribution in [0.15, 0.2) is 61.2 Å². The molecule has 0 aliphatic rings. The van der Waals surface area contributed by atoms with Crippen LogP contribution in [0.1, 0.15) is 18.1 Å². The third kappa shape index (κ3) is 4.57. The van der Waals surface area contributed by atoms with Crippen LogP contribution in [0.3, 0.4) is 0 Å². The molecule has 1 aromatic heterocycles. The summed E-state index contributed by atoms with van der Waals surface area (Å²) in [5.41, 5.74) is -0.842. The van der Waals surface area contributed by atoms with Crippen LogP contribution in [0, 0.1) is 11.6 Å². The van der Waals surface area contributed by atoms with Gasteiger partial charge in [0.2, 0.25) is 0 Å². The van der Waals surface area contributed by atoms with Gasteiger partial charge in [-0.2, -0.15) is 5.10 Å². The van der Waals surface area contributed by atoms with Crippen molar-refractivity contribution in [1.82, 2.24) is 14.8 Å². The van der Waals surface area contributed by atoms with E-state index >= 15 is 0 Å². The normalized spacial score (nSPS) is 13.6. The van der Waals surface area contributed by atoms with Gasteiger partial charge in [0.05, 0.1) is 6.54 Å². The average Bonchev–Trinajstić information content (AvgIpc) is 3.14. The second-order valence-electron chi connectivity index (χ2n) is 6.11. The molecule has 2 aromatic carbocycles. The topological polar surface area (TPSA) is 60.2 Å². The van der Waals surface area contributed by atoms with Crippen LogP contribution >= 0.6 is 0 Å². The molecule has 0 bridgehead atoms. The molecule has 0 saturated carbocycles. The van der Waals surface area contributed by atoms with Crippen LogP contribution < -0.4 is 4.74 Å². The van der Waals surface area contributed by atoms with Gasteiger partial charge < -0.3 is 9.84 Å². The van der Waals surface area contributed by atoms with E-state index in [1.807, 2.05) is 31.2 Å². The molecule has 0 aliphatic heterocycles. The summed E-state index contributed by atoms with van der Waals surface area (Å²) in [6.07, 6.45) is 6.57. The molecule has 0 spiro atoms. The Morgan fingerprint density at radius 2 is 1.96 bits per heavy atom. The molecule has 7 heteroatoms. The van der Waals surface area contributed by atoms with Crippen LogP contribution in [0.2, 0.25) is 0 Å². The molecule has 0 fully saturated rings. The lowest BCUT2D eigenvalue weighted by Crippen LogP contribution is -2.39. The highest BCUT2D eigenvalue weighted by atomic mass is 19.1. The first-order valence-electron chi connectivity index (χ1n) is 8.36. The van der Waals surface area contributed by atoms with E-state index in [2.05, 4.69) is 10.1 Å². The summed E-state index contributed by atoms with van der Waals surface area (Å²) < 4.78 is 34.7. The molecule has 1 heterocycles. The maximum atomic E-state index is 14.3. The number of rotatable bonds is 7. The first-order chi connectivity index (χ1) is 13.0. The van der Waals surface area contributed by atoms with E-state index in [9.17, 15) is 13.9 Å². The lowest BCUT2D eigenvalue weighted by Gasteiger charge is -2.29. The minimum absolute atomic E-state index is 0.0788. The maximum Gasteiger partial charge on any atom is 0.146 e. The van der Waals surface area contributed by atoms with Crippen LogP contribution in [0.5, 0.6) is 5.75 Å². The van der Waals surface area contributed by atoms with Crippen molar-refractivity contribution in [2.75, 3.05) is 6.61 Å². The molecule has 0 aliphatic carbocycles. The molecule has 1 unspecified atom stereocenters. The second kappa shape index (κ2) is 8.09. The smallest absolute Gasteiger partial charge is 0.146 e. The molecule has 1 atom stereocenters. The molecular weight excluding hydrogens is 352 g/mol. The van der Waals surface area contributed by atoms with E-state index in [4.69, 9.17) is 4.74 Å². The van der Waals surface area contributed by atoms with Crippen molar-refractivity contribution in [1.29, 1.82) is 0 Å². The highest BCUT2D eigenvalue weighted by molar-refractivity contribution is 5.50. The van der Waals surface area contributed by atoms with Gasteiger partial charge in [0.1, 0.15) is 42.2 Å². The standard InChI is InChI=1S/C20H19F2N3O2/c1-2-3-15-4-7-17(8-5-15)27-12-20(26,11-25-14-23-13-24-25)18-9-6-16(21)10-19(18)22/h2-10,13-14,26H,11-12H2,1H3. The van der Waals surface area contributed by atoms with E-state index in [0.717, 1.165) is 17.7 Å². The van der Waals surface area contributed by atoms with Gasteiger partial charge in [-0.15, -0.1) is 0 Å². The van der Waals surface area contributed by atoms with Crippen molar-refractivity contribution < 1.29 is 18.6 Å². The lowest BCUT2D eigenvalue weighted by molar-refractivity contribution is -0.0297. The third-order valence-corrected chi connectivity index (χ3v) is 4.04. The Labute approximate surface area is 155 Å². The van der Waals surface area contributed by atoms with Gasteiger partial charge in [0.25, 0.3) is 0 Å². The van der Waals surface area contributed by atoms with E-state index in [0.29, 0.717) is 5.75 Å². The van der Waals surface area contributed by atoms with Crippen molar-refractivity contribution in [2.45, 2.75) is 19.1 Å². The molecule has 0 radical (unpaired) electrons. The molecule has 5 nitrogen and oxygen atoms in total. The fourth-order valence-electron chi connectivity index (χ4n) is 2.73. The van der Waals surface area contributed by atoms with Crippen LogP contribution in [0.4, 0.5) is 8.78 Å². The van der Waals surface area contributed by atoms with Crippen molar-refractivity contribution in [3.05, 3.63) is 84.0 Å². The van der Waals surface area contributed by atoms with E-state index in [-0.39, 0.29) is 18.7 Å². The highest BCUT2D eigenvalue weighted by Gasteiger charge is 2.34. The van der Waals surface area contributed by atoms with E-state index in [1.54, 1.807) is 12.1 Å². The van der Waals surface area contributed by atoms with Gasteiger partial charge in [-0.1, -0.05) is 30.4 Å². The second-order valence-corrected chi connectivity index (χ2v) is 6.11. The molecule has 3 aromatic rings. The van der Waals surface area contributed by atoms with Crippen molar-refractivity contribution >= 4 is 6.08 Å². The zero-order valence-corrected chi connectivity index (χ0v) is 14.7. The van der Waals surface area contributed by atoms with Crippen LogP contribution in [0.25, 0.3) is 6.08 Å². The first-order valence-corrected chi connectivity index (χ1v) is 8.36. The van der Waals surface area contributed by atoms with Gasteiger partial charge in [0, 0.05) is 11.6 Å². The fraction of sp³-hybridized carbons (Fsp3) is 0.200. The Morgan fingerprint density at radius 1 is 1.19 bits per heavy atom. The predicted octanol–water partition coefficient (Wildman–Crippen LogP) is 3.56. The Bertz CT molecular complexity index is 911.